The second-order valence-electron chi connectivity index (χ2n) is 11.6. The second-order valence-corrected chi connectivity index (χ2v) is 11.6. The molecule has 3 aromatic rings. The number of methoxy groups -OCH3 is 1. The van der Waals surface area contributed by atoms with Gasteiger partial charge in [0.25, 0.3) is 0 Å². The number of allylic oxidation sites excluding steroid dienone is 2. The zero-order valence-electron chi connectivity index (χ0n) is 26.4. The van der Waals surface area contributed by atoms with Crippen molar-refractivity contribution < 1.29 is 67.9 Å². The van der Waals surface area contributed by atoms with Crippen LogP contribution < -0.4 is 9.47 Å². The lowest BCUT2D eigenvalue weighted by atomic mass is 9.85. The molecule has 6 nitrogen and oxygen atoms in total. The quantitative estimate of drug-likeness (QED) is 0.0760. The van der Waals surface area contributed by atoms with Crippen LogP contribution in [-0.2, 0) is 25.1 Å². The highest BCUT2D eigenvalue weighted by molar-refractivity contribution is 5.67. The Hall–Kier alpha value is -4.05. The molecule has 1 saturated heterocycles. The molecule has 1 aliphatic heterocycles. The van der Waals surface area contributed by atoms with E-state index in [1.54, 1.807) is 6.08 Å². The number of ether oxygens (including phenoxy) is 6. The van der Waals surface area contributed by atoms with E-state index in [1.165, 1.54) is 7.11 Å². The van der Waals surface area contributed by atoms with Crippen molar-refractivity contribution in [1.29, 1.82) is 0 Å². The van der Waals surface area contributed by atoms with Crippen LogP contribution in [0.5, 0.6) is 11.5 Å². The number of hydrogen-bond donors (Lipinski definition) is 0. The number of hydrogen-bond acceptors (Lipinski definition) is 6. The Morgan fingerprint density at radius 3 is 2.16 bits per heavy atom. The van der Waals surface area contributed by atoms with E-state index < -0.39 is 64.8 Å². The summed E-state index contributed by atoms with van der Waals surface area (Å²) in [5, 5.41) is 0. The maximum Gasteiger partial charge on any atom is 0.432 e. The molecular formula is C35H31F9O6. The molecule has 0 N–H and O–H groups in total. The Balaban J connectivity index is 1.22. The lowest BCUT2D eigenvalue weighted by Crippen LogP contribution is -2.38. The van der Waals surface area contributed by atoms with E-state index in [1.807, 2.05) is 0 Å². The van der Waals surface area contributed by atoms with E-state index in [0.29, 0.717) is 56.8 Å². The molecule has 0 radical (unpaired) electrons. The van der Waals surface area contributed by atoms with Crippen LogP contribution in [0, 0.1) is 35.1 Å². The van der Waals surface area contributed by atoms with Gasteiger partial charge in [-0.05, 0) is 78.8 Å². The Morgan fingerprint density at radius 2 is 1.56 bits per heavy atom. The van der Waals surface area contributed by atoms with Gasteiger partial charge in [-0.1, -0.05) is 12.1 Å². The monoisotopic (exact) mass is 718 g/mol. The van der Waals surface area contributed by atoms with Crippen molar-refractivity contribution in [2.45, 2.75) is 38.1 Å². The first-order valence-corrected chi connectivity index (χ1v) is 15.4. The molecule has 0 bridgehead atoms. The van der Waals surface area contributed by atoms with Crippen LogP contribution in [0.3, 0.4) is 0 Å². The van der Waals surface area contributed by atoms with Gasteiger partial charge in [-0.15, -0.1) is 0 Å². The van der Waals surface area contributed by atoms with Crippen molar-refractivity contribution in [3.05, 3.63) is 101 Å². The Kier molecular flexibility index (Phi) is 12.1. The molecule has 5 rings (SSSR count). The summed E-state index contributed by atoms with van der Waals surface area (Å²) >= 11 is 0. The second kappa shape index (κ2) is 16.3. The highest BCUT2D eigenvalue weighted by Crippen LogP contribution is 2.40. The molecule has 270 valence electrons. The van der Waals surface area contributed by atoms with Gasteiger partial charge >= 0.3 is 18.2 Å². The molecule has 1 atom stereocenters. The normalized spacial score (nSPS) is 19.6. The SMILES string of the molecule is COCOCCC1COC(C2CC=C(c3cc(F)c(C(F)(F)Oc4ccc(-c5ccc(OC(F)=C(F)F)c(F)c5)c(F)c4)c(F)c3)CC2)OC1. The van der Waals surface area contributed by atoms with Crippen molar-refractivity contribution in [3.8, 4) is 22.6 Å². The average Bonchev–Trinajstić information content (AvgIpc) is 3.07. The van der Waals surface area contributed by atoms with E-state index in [2.05, 4.69) is 9.47 Å². The highest BCUT2D eigenvalue weighted by atomic mass is 19.3. The van der Waals surface area contributed by atoms with Gasteiger partial charge in [0, 0.05) is 37.2 Å². The summed E-state index contributed by atoms with van der Waals surface area (Å²) in [6.45, 7) is 1.72. The van der Waals surface area contributed by atoms with Crippen molar-refractivity contribution >= 4 is 5.57 Å². The fourth-order valence-corrected chi connectivity index (χ4v) is 5.67. The molecule has 15 heteroatoms. The molecule has 2 aliphatic rings. The van der Waals surface area contributed by atoms with Crippen LogP contribution in [0.1, 0.15) is 36.8 Å². The first-order chi connectivity index (χ1) is 23.9. The lowest BCUT2D eigenvalue weighted by Gasteiger charge is -2.35. The Bertz CT molecular complexity index is 1700. The molecule has 1 fully saturated rings. The van der Waals surface area contributed by atoms with Crippen LogP contribution in [0.4, 0.5) is 39.5 Å². The van der Waals surface area contributed by atoms with Crippen LogP contribution >= 0.6 is 0 Å². The third-order valence-electron chi connectivity index (χ3n) is 8.18. The number of halogens is 9. The zero-order chi connectivity index (χ0) is 36.0. The van der Waals surface area contributed by atoms with Crippen molar-refractivity contribution in [2.75, 3.05) is 33.7 Å². The molecule has 0 aromatic heterocycles. The fraction of sp³-hybridized carbons (Fsp3) is 0.371. The van der Waals surface area contributed by atoms with E-state index in [-0.39, 0.29) is 35.3 Å². The average molecular weight is 719 g/mol. The maximum absolute atomic E-state index is 15.1. The van der Waals surface area contributed by atoms with Gasteiger partial charge in [-0.2, -0.15) is 22.0 Å². The molecule has 0 saturated carbocycles. The molecule has 3 aromatic carbocycles. The smallest absolute Gasteiger partial charge is 0.429 e. The molecule has 0 spiro atoms. The highest BCUT2D eigenvalue weighted by Gasteiger charge is 2.41. The van der Waals surface area contributed by atoms with Gasteiger partial charge in [0.2, 0.25) is 0 Å². The van der Waals surface area contributed by atoms with Crippen molar-refractivity contribution in [3.63, 3.8) is 0 Å². The topological polar surface area (TPSA) is 55.4 Å². The van der Waals surface area contributed by atoms with Gasteiger partial charge in [-0.25, -0.2) is 17.6 Å². The predicted molar refractivity (Wildman–Crippen MR) is 161 cm³/mol. The molecule has 0 amide bonds. The summed E-state index contributed by atoms with van der Waals surface area (Å²) in [6, 6.07) is 3.86. The van der Waals surface area contributed by atoms with Gasteiger partial charge in [0.05, 0.1) is 13.2 Å². The minimum absolute atomic E-state index is 0.00401. The third kappa shape index (κ3) is 8.99. The number of rotatable bonds is 13. The third-order valence-corrected chi connectivity index (χ3v) is 8.18. The summed E-state index contributed by atoms with van der Waals surface area (Å²) in [5.41, 5.74) is -1.59. The van der Waals surface area contributed by atoms with Crippen molar-refractivity contribution in [1.82, 2.24) is 0 Å². The van der Waals surface area contributed by atoms with Gasteiger partial charge in [0.1, 0.15) is 35.6 Å². The first-order valence-electron chi connectivity index (χ1n) is 15.4. The number of alkyl halides is 2. The number of benzene rings is 3. The Labute approximate surface area is 281 Å². The van der Waals surface area contributed by atoms with Crippen LogP contribution in [0.2, 0.25) is 0 Å². The summed E-state index contributed by atoms with van der Waals surface area (Å²) in [6.07, 6.45) is -3.89. The molecule has 1 aliphatic carbocycles. The molecular weight excluding hydrogens is 687 g/mol. The van der Waals surface area contributed by atoms with Gasteiger partial charge in [-0.3, -0.25) is 0 Å². The zero-order valence-corrected chi connectivity index (χ0v) is 26.4. The van der Waals surface area contributed by atoms with Gasteiger partial charge < -0.3 is 28.4 Å². The van der Waals surface area contributed by atoms with E-state index in [9.17, 15) is 22.0 Å². The lowest BCUT2D eigenvalue weighted by molar-refractivity contribution is -0.227. The van der Waals surface area contributed by atoms with Crippen LogP contribution in [0.25, 0.3) is 16.7 Å². The molecule has 1 heterocycles. The molecule has 1 unspecified atom stereocenters. The van der Waals surface area contributed by atoms with Crippen LogP contribution in [-0.4, -0.2) is 40.0 Å². The standard InChI is InChI=1S/C35H31F9O6/c1-45-18-46-11-10-19-16-47-34(48-17-19)21-4-2-20(3-5-21)23-13-28(38)31(29(39)14-23)35(43,44)50-24-7-8-25(26(36)15-24)22-6-9-30(27(37)12-22)49-33(42)32(40)41/h2,6-9,12-15,19,21,34H,3-5,10-11,16-18H2,1H3. The molecule has 50 heavy (non-hydrogen) atoms. The van der Waals surface area contributed by atoms with Gasteiger partial charge in [0.15, 0.2) is 17.9 Å². The fourth-order valence-electron chi connectivity index (χ4n) is 5.67. The van der Waals surface area contributed by atoms with Crippen molar-refractivity contribution in [2.24, 2.45) is 11.8 Å². The minimum Gasteiger partial charge on any atom is -0.429 e. The summed E-state index contributed by atoms with van der Waals surface area (Å²) < 4.78 is 158. The van der Waals surface area contributed by atoms with E-state index in [0.717, 1.165) is 42.8 Å². The summed E-state index contributed by atoms with van der Waals surface area (Å²) in [5.74, 6) is -7.26. The van der Waals surface area contributed by atoms with E-state index >= 15 is 17.6 Å². The summed E-state index contributed by atoms with van der Waals surface area (Å²) in [7, 11) is 1.54. The maximum atomic E-state index is 15.1. The predicted octanol–water partition coefficient (Wildman–Crippen LogP) is 9.64. The van der Waals surface area contributed by atoms with E-state index in [4.69, 9.17) is 18.9 Å². The minimum atomic E-state index is -4.58. The first kappa shape index (κ1) is 37.2. The van der Waals surface area contributed by atoms with Crippen LogP contribution in [0.15, 0.2) is 66.7 Å². The summed E-state index contributed by atoms with van der Waals surface area (Å²) in [4.78, 5) is 0. The Morgan fingerprint density at radius 1 is 0.860 bits per heavy atom. The largest absolute Gasteiger partial charge is 0.432 e.